The van der Waals surface area contributed by atoms with Gasteiger partial charge in [-0.25, -0.2) is 9.89 Å². The highest BCUT2D eigenvalue weighted by Crippen LogP contribution is 1.85. The number of H-pyrrole nitrogens is 1. The van der Waals surface area contributed by atoms with Crippen LogP contribution in [0.25, 0.3) is 5.70 Å². The van der Waals surface area contributed by atoms with E-state index in [1.54, 1.807) is 6.92 Å². The first-order valence-electron chi connectivity index (χ1n) is 2.38. The normalized spacial score (nSPS) is 9.44. The van der Waals surface area contributed by atoms with E-state index < -0.39 is 0 Å². The third kappa shape index (κ3) is 0.883. The molecular formula is C4H6N4O. The predicted molar refractivity (Wildman–Crippen MR) is 31.6 cm³/mol. The van der Waals surface area contributed by atoms with Crippen LogP contribution in [0.3, 0.4) is 0 Å². The van der Waals surface area contributed by atoms with E-state index in [9.17, 15) is 4.79 Å². The summed E-state index contributed by atoms with van der Waals surface area (Å²) in [6, 6.07) is 0. The smallest absolute Gasteiger partial charge is 0.244 e. The molecule has 0 saturated carbocycles. The molecule has 5 heteroatoms. The molecular weight excluding hydrogens is 120 g/mol. The van der Waals surface area contributed by atoms with Crippen molar-refractivity contribution in [3.8, 4) is 0 Å². The summed E-state index contributed by atoms with van der Waals surface area (Å²) in [6.45, 7) is 5.17. The summed E-state index contributed by atoms with van der Waals surface area (Å²) in [6.07, 6.45) is 0. The van der Waals surface area contributed by atoms with Gasteiger partial charge in [0.05, 0.1) is 0 Å². The number of aromatic nitrogens is 4. The summed E-state index contributed by atoms with van der Waals surface area (Å²) in [5, 5.41) is 8.81. The fraction of sp³-hybridized carbons (Fsp3) is 0.250. The fourth-order valence-corrected chi connectivity index (χ4v) is 0.448. The first-order chi connectivity index (χ1) is 4.22. The van der Waals surface area contributed by atoms with Crippen LogP contribution in [-0.2, 0) is 0 Å². The fourth-order valence-electron chi connectivity index (χ4n) is 0.448. The van der Waals surface area contributed by atoms with Crippen LogP contribution in [0.5, 0.6) is 0 Å². The molecule has 48 valence electrons. The van der Waals surface area contributed by atoms with Crippen molar-refractivity contribution < 1.29 is 0 Å². The maximum absolute atomic E-state index is 10.6. The number of allylic oxidation sites excluding steroid dienone is 1. The third-order valence-corrected chi connectivity index (χ3v) is 0.834. The van der Waals surface area contributed by atoms with Gasteiger partial charge in [0.25, 0.3) is 0 Å². The molecule has 1 N–H and O–H groups in total. The number of nitrogens with zero attached hydrogens (tertiary/aromatic N) is 3. The van der Waals surface area contributed by atoms with Crippen LogP contribution in [0, 0.1) is 0 Å². The zero-order chi connectivity index (χ0) is 6.85. The summed E-state index contributed by atoms with van der Waals surface area (Å²) < 4.78 is 1.08. The second-order valence-corrected chi connectivity index (χ2v) is 1.65. The average Bonchev–Trinajstić information content (AvgIpc) is 2.13. The Kier molecular flexibility index (Phi) is 1.18. The SMILES string of the molecule is C=C(C)n1nn[nH]c1=O. The molecule has 0 aliphatic rings. The topological polar surface area (TPSA) is 63.6 Å². The number of hydrogen-bond acceptors (Lipinski definition) is 3. The Balaban J connectivity index is 3.24. The van der Waals surface area contributed by atoms with E-state index in [-0.39, 0.29) is 5.69 Å². The molecule has 9 heavy (non-hydrogen) atoms. The van der Waals surface area contributed by atoms with Crippen molar-refractivity contribution in [2.75, 3.05) is 0 Å². The molecule has 0 radical (unpaired) electrons. The molecule has 0 bridgehead atoms. The van der Waals surface area contributed by atoms with E-state index in [1.165, 1.54) is 0 Å². The number of aromatic amines is 1. The van der Waals surface area contributed by atoms with Crippen LogP contribution in [0.1, 0.15) is 6.92 Å². The van der Waals surface area contributed by atoms with Crippen molar-refractivity contribution >= 4 is 5.70 Å². The van der Waals surface area contributed by atoms with Crippen LogP contribution >= 0.6 is 0 Å². The first kappa shape index (κ1) is 5.74. The summed E-state index contributed by atoms with van der Waals surface area (Å²) >= 11 is 0. The van der Waals surface area contributed by atoms with Gasteiger partial charge in [-0.05, 0) is 17.4 Å². The van der Waals surface area contributed by atoms with Crippen LogP contribution in [-0.4, -0.2) is 20.2 Å². The van der Waals surface area contributed by atoms with E-state index in [4.69, 9.17) is 0 Å². The Morgan fingerprint density at radius 1 is 1.89 bits per heavy atom. The molecule has 0 unspecified atom stereocenters. The average molecular weight is 126 g/mol. The maximum atomic E-state index is 10.6. The summed E-state index contributed by atoms with van der Waals surface area (Å²) in [5.41, 5.74) is 0.191. The molecule has 1 rings (SSSR count). The minimum atomic E-state index is -0.359. The lowest BCUT2D eigenvalue weighted by atomic mass is 10.6. The quantitative estimate of drug-likeness (QED) is 0.549. The van der Waals surface area contributed by atoms with Crippen molar-refractivity contribution in [3.05, 3.63) is 17.1 Å². The minimum absolute atomic E-state index is 0.359. The number of rotatable bonds is 1. The van der Waals surface area contributed by atoms with Gasteiger partial charge in [-0.2, -0.15) is 4.68 Å². The van der Waals surface area contributed by atoms with Crippen LogP contribution in [0.2, 0.25) is 0 Å². The maximum Gasteiger partial charge on any atom is 0.365 e. The van der Waals surface area contributed by atoms with Crippen LogP contribution in [0.4, 0.5) is 0 Å². The molecule has 0 aromatic carbocycles. The molecule has 0 fully saturated rings. The van der Waals surface area contributed by atoms with E-state index in [2.05, 4.69) is 22.1 Å². The molecule has 1 heterocycles. The second-order valence-electron chi connectivity index (χ2n) is 1.65. The van der Waals surface area contributed by atoms with E-state index in [0.29, 0.717) is 5.70 Å². The van der Waals surface area contributed by atoms with Gasteiger partial charge in [-0.15, -0.1) is 0 Å². The molecule has 0 spiro atoms. The highest BCUT2D eigenvalue weighted by atomic mass is 16.2. The van der Waals surface area contributed by atoms with Gasteiger partial charge in [0.2, 0.25) is 0 Å². The Morgan fingerprint density at radius 3 is 2.78 bits per heavy atom. The number of nitrogens with one attached hydrogen (secondary N) is 1. The molecule has 0 aliphatic carbocycles. The molecule has 1 aromatic rings. The predicted octanol–water partition coefficient (Wildman–Crippen LogP) is -0.543. The summed E-state index contributed by atoms with van der Waals surface area (Å²) in [5.74, 6) is 0. The van der Waals surface area contributed by atoms with Gasteiger partial charge >= 0.3 is 5.69 Å². The second kappa shape index (κ2) is 1.85. The molecule has 0 aliphatic heterocycles. The van der Waals surface area contributed by atoms with E-state index in [0.717, 1.165) is 4.68 Å². The lowest BCUT2D eigenvalue weighted by molar-refractivity contribution is 0.791. The van der Waals surface area contributed by atoms with Gasteiger partial charge in [0.15, 0.2) is 0 Å². The van der Waals surface area contributed by atoms with Crippen molar-refractivity contribution in [1.29, 1.82) is 0 Å². The van der Waals surface area contributed by atoms with Gasteiger partial charge in [0, 0.05) is 5.70 Å². The highest BCUT2D eigenvalue weighted by molar-refractivity contribution is 5.33. The molecule has 0 atom stereocenters. The van der Waals surface area contributed by atoms with Crippen LogP contribution in [0.15, 0.2) is 11.4 Å². The van der Waals surface area contributed by atoms with Crippen molar-refractivity contribution in [1.82, 2.24) is 20.2 Å². The Hall–Kier alpha value is -1.39. The zero-order valence-electron chi connectivity index (χ0n) is 4.96. The number of tetrazole rings is 1. The van der Waals surface area contributed by atoms with Crippen molar-refractivity contribution in [2.45, 2.75) is 6.92 Å². The minimum Gasteiger partial charge on any atom is -0.244 e. The largest absolute Gasteiger partial charge is 0.365 e. The zero-order valence-corrected chi connectivity index (χ0v) is 4.96. The molecule has 1 aromatic heterocycles. The highest BCUT2D eigenvalue weighted by Gasteiger charge is 1.95. The van der Waals surface area contributed by atoms with E-state index >= 15 is 0 Å². The Morgan fingerprint density at radius 2 is 2.56 bits per heavy atom. The summed E-state index contributed by atoms with van der Waals surface area (Å²) in [4.78, 5) is 10.6. The first-order valence-corrected chi connectivity index (χ1v) is 2.38. The Bertz CT molecular complexity index is 270. The number of hydrogen-bond donors (Lipinski definition) is 1. The van der Waals surface area contributed by atoms with Crippen LogP contribution < -0.4 is 5.69 Å². The molecule has 0 saturated heterocycles. The molecule has 0 amide bonds. The third-order valence-electron chi connectivity index (χ3n) is 0.834. The Labute approximate surface area is 51.0 Å². The lowest BCUT2D eigenvalue weighted by Crippen LogP contribution is -2.15. The summed E-state index contributed by atoms with van der Waals surface area (Å²) in [7, 11) is 0. The molecule has 5 nitrogen and oxygen atoms in total. The van der Waals surface area contributed by atoms with Crippen molar-refractivity contribution in [3.63, 3.8) is 0 Å². The van der Waals surface area contributed by atoms with Gasteiger partial charge in [-0.3, -0.25) is 0 Å². The lowest BCUT2D eigenvalue weighted by Gasteiger charge is -1.88. The monoisotopic (exact) mass is 126 g/mol. The standard InChI is InChI=1S/C4H6N4O/c1-3(2)8-4(9)5-6-7-8/h1H2,2H3,(H,5,7,9). The van der Waals surface area contributed by atoms with Gasteiger partial charge in [-0.1, -0.05) is 6.58 Å². The van der Waals surface area contributed by atoms with Gasteiger partial charge in [0.1, 0.15) is 0 Å². The van der Waals surface area contributed by atoms with Crippen molar-refractivity contribution in [2.24, 2.45) is 0 Å². The van der Waals surface area contributed by atoms with Gasteiger partial charge < -0.3 is 0 Å². The van der Waals surface area contributed by atoms with E-state index in [1.807, 2.05) is 0 Å².